The van der Waals surface area contributed by atoms with Crippen LogP contribution in [0.25, 0.3) is 0 Å². The first-order chi connectivity index (χ1) is 17.6. The van der Waals surface area contributed by atoms with Crippen LogP contribution in [0.5, 0.6) is 5.75 Å². The van der Waals surface area contributed by atoms with Crippen molar-refractivity contribution in [2.45, 2.75) is 13.8 Å². The van der Waals surface area contributed by atoms with Crippen molar-refractivity contribution in [1.82, 2.24) is 0 Å². The molecule has 0 aliphatic rings. The zero-order valence-corrected chi connectivity index (χ0v) is 20.3. The van der Waals surface area contributed by atoms with E-state index in [0.29, 0.717) is 22.7 Å². The van der Waals surface area contributed by atoms with Crippen LogP contribution in [-0.2, 0) is 0 Å². The predicted octanol–water partition coefficient (Wildman–Crippen LogP) is 8.58. The summed E-state index contributed by atoms with van der Waals surface area (Å²) >= 11 is 0. The number of hydrogen-bond donors (Lipinski definition) is 0. The third-order valence-electron chi connectivity index (χ3n) is 5.45. The number of rotatable bonds is 9. The summed E-state index contributed by atoms with van der Waals surface area (Å²) in [5, 5.41) is 17.1. The lowest BCUT2D eigenvalue weighted by molar-refractivity contribution is 0.0735. The van der Waals surface area contributed by atoms with Gasteiger partial charge in [-0.15, -0.1) is 0 Å². The quantitative estimate of drug-likeness (QED) is 0.137. The van der Waals surface area contributed by atoms with Crippen molar-refractivity contribution in [2.24, 2.45) is 20.5 Å². The molecule has 0 spiro atoms. The molecule has 0 atom stereocenters. The topological polar surface area (TPSA) is 79.0 Å². The van der Waals surface area contributed by atoms with Gasteiger partial charge in [0, 0.05) is 18.8 Å². The molecule has 0 aliphatic heterocycles. The van der Waals surface area contributed by atoms with Crippen molar-refractivity contribution >= 4 is 34.4 Å². The number of esters is 1. The number of azo groups is 2. The van der Waals surface area contributed by atoms with Crippen LogP contribution in [-0.4, -0.2) is 19.1 Å². The van der Waals surface area contributed by atoms with Crippen LogP contribution in [0.1, 0.15) is 24.2 Å². The number of carbonyl (C=O) groups excluding carboxylic acids is 1. The molecule has 4 aromatic rings. The smallest absolute Gasteiger partial charge is 0.343 e. The van der Waals surface area contributed by atoms with Crippen molar-refractivity contribution in [3.8, 4) is 5.75 Å². The summed E-state index contributed by atoms with van der Waals surface area (Å²) in [7, 11) is 0. The van der Waals surface area contributed by atoms with E-state index in [-0.39, 0.29) is 0 Å². The number of carbonyl (C=O) groups is 1. The molecule has 36 heavy (non-hydrogen) atoms. The Balaban J connectivity index is 1.32. The third-order valence-corrected chi connectivity index (χ3v) is 5.45. The fourth-order valence-corrected chi connectivity index (χ4v) is 3.46. The van der Waals surface area contributed by atoms with Gasteiger partial charge in [-0.3, -0.25) is 0 Å². The van der Waals surface area contributed by atoms with Gasteiger partial charge in [0.2, 0.25) is 0 Å². The van der Waals surface area contributed by atoms with Crippen molar-refractivity contribution in [2.75, 3.05) is 18.0 Å². The van der Waals surface area contributed by atoms with E-state index in [2.05, 4.69) is 51.3 Å². The summed E-state index contributed by atoms with van der Waals surface area (Å²) in [6.45, 7) is 6.22. The van der Waals surface area contributed by atoms with Crippen LogP contribution in [0, 0.1) is 0 Å². The minimum Gasteiger partial charge on any atom is -0.423 e. The maximum atomic E-state index is 12.1. The normalized spacial score (nSPS) is 11.2. The molecule has 0 unspecified atom stereocenters. The Morgan fingerprint density at radius 3 is 1.47 bits per heavy atom. The van der Waals surface area contributed by atoms with E-state index in [0.717, 1.165) is 24.5 Å². The number of ether oxygens (including phenoxy) is 1. The first-order valence-electron chi connectivity index (χ1n) is 11.8. The second kappa shape index (κ2) is 12.2. The van der Waals surface area contributed by atoms with E-state index in [1.807, 2.05) is 42.5 Å². The molecule has 0 N–H and O–H groups in total. The molecule has 4 rings (SSSR count). The van der Waals surface area contributed by atoms with Gasteiger partial charge >= 0.3 is 5.97 Å². The average molecular weight is 478 g/mol. The van der Waals surface area contributed by atoms with Gasteiger partial charge in [-0.05, 0) is 98.8 Å². The molecule has 0 amide bonds. The van der Waals surface area contributed by atoms with E-state index in [1.54, 1.807) is 48.5 Å². The fourth-order valence-electron chi connectivity index (χ4n) is 3.46. The van der Waals surface area contributed by atoms with Crippen molar-refractivity contribution in [3.63, 3.8) is 0 Å². The molecular weight excluding hydrogens is 450 g/mol. The van der Waals surface area contributed by atoms with Crippen molar-refractivity contribution in [1.29, 1.82) is 0 Å². The SMILES string of the molecule is CCN(CC)c1ccc(N=Nc2ccc(N=Nc3ccc(OC(=O)c4ccccc4)cc3)cc2)cc1. The molecule has 7 heteroatoms. The third kappa shape index (κ3) is 6.70. The predicted molar refractivity (Wildman–Crippen MR) is 143 cm³/mol. The van der Waals surface area contributed by atoms with Gasteiger partial charge < -0.3 is 9.64 Å². The van der Waals surface area contributed by atoms with E-state index in [9.17, 15) is 4.79 Å². The highest BCUT2D eigenvalue weighted by atomic mass is 16.5. The van der Waals surface area contributed by atoms with E-state index >= 15 is 0 Å². The number of hydrogen-bond acceptors (Lipinski definition) is 7. The summed E-state index contributed by atoms with van der Waals surface area (Å²) in [5.74, 6) is 0.0408. The number of nitrogens with zero attached hydrogens (tertiary/aromatic N) is 5. The highest BCUT2D eigenvalue weighted by Gasteiger charge is 2.07. The molecule has 0 bridgehead atoms. The Morgan fingerprint density at radius 2 is 1.03 bits per heavy atom. The average Bonchev–Trinajstić information content (AvgIpc) is 2.94. The van der Waals surface area contributed by atoms with Crippen molar-refractivity contribution < 1.29 is 9.53 Å². The molecule has 180 valence electrons. The van der Waals surface area contributed by atoms with Crippen LogP contribution in [0.3, 0.4) is 0 Å². The summed E-state index contributed by atoms with van der Waals surface area (Å²) < 4.78 is 5.38. The van der Waals surface area contributed by atoms with Gasteiger partial charge in [0.1, 0.15) is 5.75 Å². The first-order valence-corrected chi connectivity index (χ1v) is 11.8. The largest absolute Gasteiger partial charge is 0.423 e. The number of anilines is 1. The van der Waals surface area contributed by atoms with E-state index in [1.165, 1.54) is 5.69 Å². The second-order valence-electron chi connectivity index (χ2n) is 7.85. The lowest BCUT2D eigenvalue weighted by Gasteiger charge is -2.20. The number of benzene rings is 4. The molecule has 0 saturated heterocycles. The molecule has 0 fully saturated rings. The van der Waals surface area contributed by atoms with Crippen molar-refractivity contribution in [3.05, 3.63) is 109 Å². The van der Waals surface area contributed by atoms with Crippen LogP contribution in [0.2, 0.25) is 0 Å². The second-order valence-corrected chi connectivity index (χ2v) is 7.85. The lowest BCUT2D eigenvalue weighted by atomic mass is 10.2. The monoisotopic (exact) mass is 477 g/mol. The molecular formula is C29H27N5O2. The first kappa shape index (κ1) is 24.5. The minimum absolute atomic E-state index is 0.404. The molecule has 7 nitrogen and oxygen atoms in total. The summed E-state index contributed by atoms with van der Waals surface area (Å²) in [5.41, 5.74) is 4.54. The summed E-state index contributed by atoms with van der Waals surface area (Å²) in [4.78, 5) is 14.4. The Bertz CT molecular complexity index is 1310. The van der Waals surface area contributed by atoms with Gasteiger partial charge in [0.25, 0.3) is 0 Å². The maximum Gasteiger partial charge on any atom is 0.343 e. The molecule has 0 saturated carbocycles. The van der Waals surface area contributed by atoms with Gasteiger partial charge in [-0.25, -0.2) is 4.79 Å². The molecule has 0 heterocycles. The summed E-state index contributed by atoms with van der Waals surface area (Å²) in [6, 6.07) is 31.1. The Kier molecular flexibility index (Phi) is 8.27. The van der Waals surface area contributed by atoms with Crippen LogP contribution in [0.15, 0.2) is 124 Å². The molecule has 4 aromatic carbocycles. The van der Waals surface area contributed by atoms with Crippen LogP contribution in [0.4, 0.5) is 28.4 Å². The Labute approximate surface area is 210 Å². The van der Waals surface area contributed by atoms with Crippen LogP contribution >= 0.6 is 0 Å². The lowest BCUT2D eigenvalue weighted by Crippen LogP contribution is -2.21. The fraction of sp³-hybridized carbons (Fsp3) is 0.138. The zero-order valence-electron chi connectivity index (χ0n) is 20.3. The zero-order chi connectivity index (χ0) is 25.2. The van der Waals surface area contributed by atoms with Gasteiger partial charge in [0.15, 0.2) is 0 Å². The molecule has 0 radical (unpaired) electrons. The minimum atomic E-state index is -0.404. The maximum absolute atomic E-state index is 12.1. The van der Waals surface area contributed by atoms with Crippen LogP contribution < -0.4 is 9.64 Å². The van der Waals surface area contributed by atoms with Gasteiger partial charge in [-0.2, -0.15) is 20.5 Å². The standard InChI is InChI=1S/C29H27N5O2/c1-3-34(4-2)27-18-14-25(15-19-27)32-30-23-10-12-24(13-11-23)31-33-26-16-20-28(21-17-26)36-29(35)22-8-6-5-7-9-22/h5-21H,3-4H2,1-2H3. The van der Waals surface area contributed by atoms with E-state index < -0.39 is 5.97 Å². The molecule has 0 aliphatic carbocycles. The highest BCUT2D eigenvalue weighted by Crippen LogP contribution is 2.25. The summed E-state index contributed by atoms with van der Waals surface area (Å²) in [6.07, 6.45) is 0. The molecule has 0 aromatic heterocycles. The van der Waals surface area contributed by atoms with E-state index in [4.69, 9.17) is 4.74 Å². The van der Waals surface area contributed by atoms with Gasteiger partial charge in [0.05, 0.1) is 28.3 Å². The van der Waals surface area contributed by atoms with Gasteiger partial charge in [-0.1, -0.05) is 18.2 Å². The Morgan fingerprint density at radius 1 is 0.611 bits per heavy atom. The highest BCUT2D eigenvalue weighted by molar-refractivity contribution is 5.91. The Hall–Kier alpha value is -4.65.